The molecule has 0 aliphatic heterocycles. The van der Waals surface area contributed by atoms with Gasteiger partial charge in [0.1, 0.15) is 11.6 Å². The summed E-state index contributed by atoms with van der Waals surface area (Å²) in [5.74, 6) is 1.20. The number of phenolic OH excluding ortho intramolecular Hbond substituents is 1. The van der Waals surface area contributed by atoms with Crippen molar-refractivity contribution in [1.82, 2.24) is 9.38 Å². The Morgan fingerprint density at radius 3 is 2.67 bits per heavy atom. The van der Waals surface area contributed by atoms with Crippen molar-refractivity contribution < 1.29 is 5.11 Å². The second kappa shape index (κ2) is 3.92. The van der Waals surface area contributed by atoms with E-state index in [0.29, 0.717) is 22.4 Å². The molecule has 3 N–H and O–H groups in total. The number of aromatic hydroxyl groups is 1. The number of para-hydroxylation sites is 1. The van der Waals surface area contributed by atoms with E-state index in [0.717, 1.165) is 5.52 Å². The van der Waals surface area contributed by atoms with Gasteiger partial charge in [0.05, 0.1) is 11.1 Å². The van der Waals surface area contributed by atoms with Gasteiger partial charge in [0, 0.05) is 0 Å². The highest BCUT2D eigenvalue weighted by Gasteiger charge is 2.15. The highest BCUT2D eigenvalue weighted by molar-refractivity contribution is 6.33. The molecule has 0 radical (unpaired) electrons. The maximum absolute atomic E-state index is 9.89. The number of aromatic nitrogens is 2. The molecule has 3 aromatic rings. The minimum absolute atomic E-state index is 0.143. The second-order valence-electron chi connectivity index (χ2n) is 3.91. The van der Waals surface area contributed by atoms with Crippen molar-refractivity contribution in [3.05, 3.63) is 47.6 Å². The van der Waals surface area contributed by atoms with Crippen LogP contribution in [0.4, 0.5) is 5.82 Å². The fourth-order valence-electron chi connectivity index (χ4n) is 1.97. The molecule has 0 unspecified atom stereocenters. The fourth-order valence-corrected chi connectivity index (χ4v) is 2.19. The number of pyridine rings is 1. The Morgan fingerprint density at radius 2 is 1.89 bits per heavy atom. The molecule has 1 aromatic carbocycles. The Kier molecular flexibility index (Phi) is 2.38. The molecule has 2 aromatic heterocycles. The van der Waals surface area contributed by atoms with Gasteiger partial charge < -0.3 is 10.8 Å². The van der Waals surface area contributed by atoms with E-state index in [1.54, 1.807) is 28.7 Å². The van der Waals surface area contributed by atoms with E-state index in [9.17, 15) is 5.11 Å². The summed E-state index contributed by atoms with van der Waals surface area (Å²) in [7, 11) is 0. The SMILES string of the molecule is Nc1cccc2c(Cl)nc(-c3ccccc3O)n12. The minimum Gasteiger partial charge on any atom is -0.507 e. The Labute approximate surface area is 108 Å². The number of nitrogens with zero attached hydrogens (tertiary/aromatic N) is 2. The van der Waals surface area contributed by atoms with Crippen LogP contribution >= 0.6 is 11.6 Å². The van der Waals surface area contributed by atoms with Crippen LogP contribution in [0.2, 0.25) is 5.15 Å². The topological polar surface area (TPSA) is 63.5 Å². The number of hydrogen-bond donors (Lipinski definition) is 2. The van der Waals surface area contributed by atoms with Crippen molar-refractivity contribution in [3.63, 3.8) is 0 Å². The molecule has 0 amide bonds. The molecule has 4 nitrogen and oxygen atoms in total. The van der Waals surface area contributed by atoms with Crippen molar-refractivity contribution in [2.24, 2.45) is 0 Å². The first-order valence-corrected chi connectivity index (χ1v) is 5.77. The van der Waals surface area contributed by atoms with Crippen LogP contribution in [0.1, 0.15) is 0 Å². The minimum atomic E-state index is 0.143. The lowest BCUT2D eigenvalue weighted by molar-refractivity contribution is 0.477. The van der Waals surface area contributed by atoms with Gasteiger partial charge in [-0.1, -0.05) is 29.8 Å². The number of hydrogen-bond acceptors (Lipinski definition) is 3. The average Bonchev–Trinajstić information content (AvgIpc) is 2.69. The lowest BCUT2D eigenvalue weighted by atomic mass is 10.2. The Balaban J connectivity index is 2.41. The average molecular weight is 260 g/mol. The molecule has 3 rings (SSSR count). The molecular weight excluding hydrogens is 250 g/mol. The number of nitrogen functional groups attached to an aromatic ring is 1. The van der Waals surface area contributed by atoms with Gasteiger partial charge in [0.2, 0.25) is 0 Å². The van der Waals surface area contributed by atoms with Crippen LogP contribution in [-0.2, 0) is 0 Å². The number of rotatable bonds is 1. The fraction of sp³-hybridized carbons (Fsp3) is 0. The molecule has 0 atom stereocenters. The third kappa shape index (κ3) is 1.50. The van der Waals surface area contributed by atoms with E-state index >= 15 is 0 Å². The van der Waals surface area contributed by atoms with E-state index < -0.39 is 0 Å². The molecule has 0 fully saturated rings. The van der Waals surface area contributed by atoms with Gasteiger partial charge in [-0.2, -0.15) is 0 Å². The molecule has 0 aliphatic rings. The first-order chi connectivity index (χ1) is 8.68. The lowest BCUT2D eigenvalue weighted by Crippen LogP contribution is -1.98. The third-order valence-corrected chi connectivity index (χ3v) is 3.07. The zero-order valence-corrected chi connectivity index (χ0v) is 10.1. The monoisotopic (exact) mass is 259 g/mol. The van der Waals surface area contributed by atoms with Crippen LogP contribution in [0.15, 0.2) is 42.5 Å². The van der Waals surface area contributed by atoms with Gasteiger partial charge in [-0.05, 0) is 24.3 Å². The highest BCUT2D eigenvalue weighted by atomic mass is 35.5. The van der Waals surface area contributed by atoms with E-state index in [2.05, 4.69) is 4.98 Å². The normalized spacial score (nSPS) is 10.9. The molecule has 0 saturated heterocycles. The lowest BCUT2D eigenvalue weighted by Gasteiger charge is -2.05. The van der Waals surface area contributed by atoms with E-state index in [-0.39, 0.29) is 5.75 Å². The number of halogens is 1. The molecule has 18 heavy (non-hydrogen) atoms. The Hall–Kier alpha value is -2.20. The van der Waals surface area contributed by atoms with Crippen LogP contribution in [0.5, 0.6) is 5.75 Å². The van der Waals surface area contributed by atoms with Gasteiger partial charge in [-0.3, -0.25) is 4.40 Å². The van der Waals surface area contributed by atoms with Crippen LogP contribution in [0, 0.1) is 0 Å². The summed E-state index contributed by atoms with van der Waals surface area (Å²) in [5, 5.41) is 10.2. The summed E-state index contributed by atoms with van der Waals surface area (Å²) in [6.45, 7) is 0. The molecule has 90 valence electrons. The number of imidazole rings is 1. The molecular formula is C13H10ClN3O. The van der Waals surface area contributed by atoms with Crippen molar-refractivity contribution in [2.75, 3.05) is 5.73 Å². The van der Waals surface area contributed by atoms with Crippen molar-refractivity contribution in [2.45, 2.75) is 0 Å². The van der Waals surface area contributed by atoms with E-state index in [1.165, 1.54) is 0 Å². The number of phenols is 1. The van der Waals surface area contributed by atoms with Crippen molar-refractivity contribution in [3.8, 4) is 17.1 Å². The maximum atomic E-state index is 9.89. The standard InChI is InChI=1S/C13H10ClN3O/c14-12-9-5-3-7-11(15)17(9)13(16-12)8-4-1-2-6-10(8)18/h1-7,18H,15H2. The number of fused-ring (bicyclic) bond motifs is 1. The predicted molar refractivity (Wildman–Crippen MR) is 71.7 cm³/mol. The van der Waals surface area contributed by atoms with E-state index in [4.69, 9.17) is 17.3 Å². The van der Waals surface area contributed by atoms with Gasteiger partial charge in [-0.25, -0.2) is 4.98 Å². The highest BCUT2D eigenvalue weighted by Crippen LogP contribution is 2.32. The van der Waals surface area contributed by atoms with Crippen molar-refractivity contribution in [1.29, 1.82) is 0 Å². The number of nitrogens with two attached hydrogens (primary N) is 1. The molecule has 2 heterocycles. The van der Waals surface area contributed by atoms with Crippen LogP contribution < -0.4 is 5.73 Å². The summed E-state index contributed by atoms with van der Waals surface area (Å²) >= 11 is 6.08. The van der Waals surface area contributed by atoms with Gasteiger partial charge >= 0.3 is 0 Å². The summed E-state index contributed by atoms with van der Waals surface area (Å²) in [5.41, 5.74) is 7.25. The van der Waals surface area contributed by atoms with E-state index in [1.807, 2.05) is 18.2 Å². The summed E-state index contributed by atoms with van der Waals surface area (Å²) in [6.07, 6.45) is 0. The first-order valence-electron chi connectivity index (χ1n) is 5.39. The maximum Gasteiger partial charge on any atom is 0.155 e. The molecule has 0 saturated carbocycles. The Morgan fingerprint density at radius 1 is 1.11 bits per heavy atom. The predicted octanol–water partition coefficient (Wildman–Crippen LogP) is 2.94. The largest absolute Gasteiger partial charge is 0.507 e. The summed E-state index contributed by atoms with van der Waals surface area (Å²) in [4.78, 5) is 4.27. The van der Waals surface area contributed by atoms with Crippen molar-refractivity contribution >= 4 is 22.9 Å². The number of anilines is 1. The first kappa shape index (κ1) is 10.9. The third-order valence-electron chi connectivity index (χ3n) is 2.79. The molecule has 0 spiro atoms. The molecule has 0 bridgehead atoms. The summed E-state index contributed by atoms with van der Waals surface area (Å²) < 4.78 is 1.72. The van der Waals surface area contributed by atoms with Crippen LogP contribution in [0.3, 0.4) is 0 Å². The van der Waals surface area contributed by atoms with Gasteiger partial charge in [0.25, 0.3) is 0 Å². The zero-order valence-electron chi connectivity index (χ0n) is 9.34. The smallest absolute Gasteiger partial charge is 0.155 e. The van der Waals surface area contributed by atoms with Gasteiger partial charge in [0.15, 0.2) is 11.0 Å². The zero-order chi connectivity index (χ0) is 12.7. The molecule has 5 heteroatoms. The van der Waals surface area contributed by atoms with Crippen LogP contribution in [0.25, 0.3) is 16.9 Å². The second-order valence-corrected chi connectivity index (χ2v) is 4.27. The van der Waals surface area contributed by atoms with Crippen LogP contribution in [-0.4, -0.2) is 14.5 Å². The number of benzene rings is 1. The quantitative estimate of drug-likeness (QED) is 0.706. The summed E-state index contributed by atoms with van der Waals surface area (Å²) in [6, 6.07) is 12.3. The van der Waals surface area contributed by atoms with Gasteiger partial charge in [-0.15, -0.1) is 0 Å². The Bertz CT molecular complexity index is 736. The molecule has 0 aliphatic carbocycles.